The van der Waals surface area contributed by atoms with E-state index in [2.05, 4.69) is 10.6 Å². The van der Waals surface area contributed by atoms with Crippen molar-refractivity contribution in [3.63, 3.8) is 0 Å². The molecule has 5 heteroatoms. The number of rotatable bonds is 3. The molecule has 0 atom stereocenters. The summed E-state index contributed by atoms with van der Waals surface area (Å²) in [6.45, 7) is 2.93. The van der Waals surface area contributed by atoms with Gasteiger partial charge < -0.3 is 15.4 Å². The summed E-state index contributed by atoms with van der Waals surface area (Å²) in [5.41, 5.74) is 4.73. The van der Waals surface area contributed by atoms with Crippen LogP contribution in [0.1, 0.15) is 27.9 Å². The van der Waals surface area contributed by atoms with Crippen LogP contribution in [0.2, 0.25) is 0 Å². The molecule has 1 heterocycles. The molecule has 0 saturated heterocycles. The van der Waals surface area contributed by atoms with Gasteiger partial charge in [-0.15, -0.1) is 12.4 Å². The van der Waals surface area contributed by atoms with E-state index in [9.17, 15) is 4.79 Å². The van der Waals surface area contributed by atoms with E-state index < -0.39 is 0 Å². The second-order valence-electron chi connectivity index (χ2n) is 5.50. The third-order valence-corrected chi connectivity index (χ3v) is 4.02. The number of carbonyl (C=O) groups is 1. The first kappa shape index (κ1) is 17.2. The average molecular weight is 333 g/mol. The molecule has 0 fully saturated rings. The number of methoxy groups -OCH3 is 1. The molecule has 0 unspecified atom stereocenters. The molecule has 23 heavy (non-hydrogen) atoms. The third kappa shape index (κ3) is 3.59. The van der Waals surface area contributed by atoms with E-state index in [0.717, 1.165) is 53.2 Å². The Morgan fingerprint density at radius 3 is 2.83 bits per heavy atom. The summed E-state index contributed by atoms with van der Waals surface area (Å²) in [5.74, 6) is 0.727. The Morgan fingerprint density at radius 1 is 1.26 bits per heavy atom. The number of fused-ring (bicyclic) bond motifs is 1. The molecule has 0 aromatic heterocycles. The van der Waals surface area contributed by atoms with Gasteiger partial charge in [0.25, 0.3) is 5.91 Å². The average Bonchev–Trinajstić information content (AvgIpc) is 2.56. The standard InChI is InChI=1S/C18H20N2O2.ClH/c1-12-11-13(22-2)8-9-16(12)20-18(21)15-5-3-7-17-14(15)6-4-10-19-17;/h3,5,7-9,11,19H,4,6,10H2,1-2H3,(H,20,21);1H. The predicted molar refractivity (Wildman–Crippen MR) is 96.2 cm³/mol. The van der Waals surface area contributed by atoms with E-state index in [1.165, 1.54) is 0 Å². The van der Waals surface area contributed by atoms with E-state index in [1.54, 1.807) is 7.11 Å². The SMILES string of the molecule is COc1ccc(NC(=O)c2cccc3c2CCCN3)c(C)c1.Cl. The Bertz CT molecular complexity index is 716. The zero-order chi connectivity index (χ0) is 15.5. The quantitative estimate of drug-likeness (QED) is 0.892. The van der Waals surface area contributed by atoms with E-state index >= 15 is 0 Å². The van der Waals surface area contributed by atoms with Crippen LogP contribution in [0.25, 0.3) is 0 Å². The second kappa shape index (κ2) is 7.38. The molecule has 0 aliphatic carbocycles. The van der Waals surface area contributed by atoms with E-state index in [-0.39, 0.29) is 18.3 Å². The lowest BCUT2D eigenvalue weighted by molar-refractivity contribution is 0.102. The number of anilines is 2. The van der Waals surface area contributed by atoms with Gasteiger partial charge in [0.2, 0.25) is 0 Å². The summed E-state index contributed by atoms with van der Waals surface area (Å²) in [7, 11) is 1.64. The molecule has 1 amide bonds. The van der Waals surface area contributed by atoms with Gasteiger partial charge in [-0.3, -0.25) is 4.79 Å². The van der Waals surface area contributed by atoms with Crippen LogP contribution in [0.5, 0.6) is 5.75 Å². The number of benzene rings is 2. The molecule has 122 valence electrons. The zero-order valence-corrected chi connectivity index (χ0v) is 14.1. The van der Waals surface area contributed by atoms with Crippen LogP contribution in [-0.2, 0) is 6.42 Å². The number of ether oxygens (including phenoxy) is 1. The van der Waals surface area contributed by atoms with Crippen molar-refractivity contribution >= 4 is 29.7 Å². The maximum atomic E-state index is 12.6. The molecule has 2 aromatic rings. The minimum atomic E-state index is -0.0613. The van der Waals surface area contributed by atoms with Gasteiger partial charge in [-0.05, 0) is 61.2 Å². The lowest BCUT2D eigenvalue weighted by Crippen LogP contribution is -2.19. The van der Waals surface area contributed by atoms with Crippen molar-refractivity contribution in [1.29, 1.82) is 0 Å². The third-order valence-electron chi connectivity index (χ3n) is 4.02. The highest BCUT2D eigenvalue weighted by atomic mass is 35.5. The zero-order valence-electron chi connectivity index (χ0n) is 13.3. The van der Waals surface area contributed by atoms with Crippen LogP contribution in [0.4, 0.5) is 11.4 Å². The van der Waals surface area contributed by atoms with Gasteiger partial charge in [0.1, 0.15) is 5.75 Å². The molecule has 1 aliphatic heterocycles. The first-order chi connectivity index (χ1) is 10.7. The molecule has 0 radical (unpaired) electrons. The molecular formula is C18H21ClN2O2. The van der Waals surface area contributed by atoms with Gasteiger partial charge in [0.05, 0.1) is 7.11 Å². The molecule has 0 spiro atoms. The van der Waals surface area contributed by atoms with Crippen LogP contribution < -0.4 is 15.4 Å². The Labute approximate surface area is 142 Å². The summed E-state index contributed by atoms with van der Waals surface area (Å²) in [5, 5.41) is 6.36. The monoisotopic (exact) mass is 332 g/mol. The molecule has 2 N–H and O–H groups in total. The Hall–Kier alpha value is -2.20. The summed E-state index contributed by atoms with van der Waals surface area (Å²) < 4.78 is 5.19. The van der Waals surface area contributed by atoms with Crippen LogP contribution in [0.3, 0.4) is 0 Å². The summed E-state index contributed by atoms with van der Waals surface area (Å²) in [4.78, 5) is 12.6. The topological polar surface area (TPSA) is 50.4 Å². The maximum Gasteiger partial charge on any atom is 0.256 e. The number of carbonyl (C=O) groups excluding carboxylic acids is 1. The van der Waals surface area contributed by atoms with Gasteiger partial charge in [-0.1, -0.05) is 6.07 Å². The smallest absolute Gasteiger partial charge is 0.256 e. The summed E-state index contributed by atoms with van der Waals surface area (Å²) >= 11 is 0. The highest BCUT2D eigenvalue weighted by Crippen LogP contribution is 2.27. The minimum Gasteiger partial charge on any atom is -0.497 e. The van der Waals surface area contributed by atoms with Crippen molar-refractivity contribution in [2.24, 2.45) is 0 Å². The first-order valence-electron chi connectivity index (χ1n) is 7.51. The summed E-state index contributed by atoms with van der Waals surface area (Å²) in [6.07, 6.45) is 1.99. The van der Waals surface area contributed by atoms with Crippen molar-refractivity contribution in [3.05, 3.63) is 53.1 Å². The fourth-order valence-corrected chi connectivity index (χ4v) is 2.82. The van der Waals surface area contributed by atoms with Gasteiger partial charge >= 0.3 is 0 Å². The molecule has 0 bridgehead atoms. The Morgan fingerprint density at radius 2 is 2.09 bits per heavy atom. The highest BCUT2D eigenvalue weighted by Gasteiger charge is 2.17. The van der Waals surface area contributed by atoms with Gasteiger partial charge in [-0.2, -0.15) is 0 Å². The molecule has 3 rings (SSSR count). The van der Waals surface area contributed by atoms with E-state index in [1.807, 2.05) is 43.3 Å². The van der Waals surface area contributed by atoms with Crippen LogP contribution in [-0.4, -0.2) is 19.6 Å². The second-order valence-corrected chi connectivity index (χ2v) is 5.50. The number of aryl methyl sites for hydroxylation is 1. The number of hydrogen-bond acceptors (Lipinski definition) is 3. The normalized spacial score (nSPS) is 12.4. The number of halogens is 1. The molecule has 2 aromatic carbocycles. The predicted octanol–water partition coefficient (Wildman–Crippen LogP) is 4.04. The van der Waals surface area contributed by atoms with E-state index in [0.29, 0.717) is 0 Å². The number of nitrogens with one attached hydrogen (secondary N) is 2. The molecule has 1 aliphatic rings. The van der Waals surface area contributed by atoms with E-state index in [4.69, 9.17) is 4.74 Å². The van der Waals surface area contributed by atoms with Crippen LogP contribution >= 0.6 is 12.4 Å². The van der Waals surface area contributed by atoms with Crippen molar-refractivity contribution < 1.29 is 9.53 Å². The number of hydrogen-bond donors (Lipinski definition) is 2. The van der Waals surface area contributed by atoms with Gasteiger partial charge in [0, 0.05) is 23.5 Å². The van der Waals surface area contributed by atoms with Crippen molar-refractivity contribution in [2.45, 2.75) is 19.8 Å². The lowest BCUT2D eigenvalue weighted by Gasteiger charge is -2.20. The highest BCUT2D eigenvalue weighted by molar-refractivity contribution is 6.06. The minimum absolute atomic E-state index is 0. The lowest BCUT2D eigenvalue weighted by atomic mass is 9.97. The Balaban J connectivity index is 0.00000192. The number of amides is 1. The van der Waals surface area contributed by atoms with Gasteiger partial charge in [0.15, 0.2) is 0 Å². The van der Waals surface area contributed by atoms with Crippen molar-refractivity contribution in [3.8, 4) is 5.75 Å². The fourth-order valence-electron chi connectivity index (χ4n) is 2.82. The van der Waals surface area contributed by atoms with Crippen LogP contribution in [0, 0.1) is 6.92 Å². The maximum absolute atomic E-state index is 12.6. The molecule has 4 nitrogen and oxygen atoms in total. The summed E-state index contributed by atoms with van der Waals surface area (Å²) in [6, 6.07) is 11.5. The largest absolute Gasteiger partial charge is 0.497 e. The molecular weight excluding hydrogens is 312 g/mol. The van der Waals surface area contributed by atoms with Crippen molar-refractivity contribution in [1.82, 2.24) is 0 Å². The Kier molecular flexibility index (Phi) is 5.50. The molecule has 0 saturated carbocycles. The van der Waals surface area contributed by atoms with Crippen LogP contribution in [0.15, 0.2) is 36.4 Å². The van der Waals surface area contributed by atoms with Gasteiger partial charge in [-0.25, -0.2) is 0 Å². The fraction of sp³-hybridized carbons (Fsp3) is 0.278. The first-order valence-corrected chi connectivity index (χ1v) is 7.51. The van der Waals surface area contributed by atoms with Crippen molar-refractivity contribution in [2.75, 3.05) is 24.3 Å².